The third kappa shape index (κ3) is 3.41. The molecule has 8 nitrogen and oxygen atoms in total. The molecule has 0 bridgehead atoms. The number of fused-ring (bicyclic) bond motifs is 2. The molecule has 2 N–H and O–H groups in total. The number of aromatic nitrogens is 4. The average Bonchev–Trinajstić information content (AvgIpc) is 3.59. The summed E-state index contributed by atoms with van der Waals surface area (Å²) in [6.45, 7) is 3.92. The largest absolute Gasteiger partial charge is 0.354 e. The van der Waals surface area contributed by atoms with Gasteiger partial charge in [0.1, 0.15) is 5.69 Å². The minimum absolute atomic E-state index is 0.0228. The molecule has 33 heavy (non-hydrogen) atoms. The van der Waals surface area contributed by atoms with Gasteiger partial charge in [0.05, 0.1) is 33.8 Å². The number of nitrogens with one attached hydrogen (secondary N) is 2. The normalized spacial score (nSPS) is 20.8. The van der Waals surface area contributed by atoms with Gasteiger partial charge in [-0.15, -0.1) is 0 Å². The van der Waals surface area contributed by atoms with E-state index in [4.69, 9.17) is 4.98 Å². The Morgan fingerprint density at radius 1 is 1.15 bits per heavy atom. The lowest BCUT2D eigenvalue weighted by molar-refractivity contribution is 0.0289. The van der Waals surface area contributed by atoms with Crippen LogP contribution in [0.2, 0.25) is 0 Å². The van der Waals surface area contributed by atoms with Crippen molar-refractivity contribution in [3.63, 3.8) is 0 Å². The van der Waals surface area contributed by atoms with Gasteiger partial charge >= 0.3 is 0 Å². The van der Waals surface area contributed by atoms with Crippen molar-refractivity contribution in [2.75, 3.05) is 13.6 Å². The Labute approximate surface area is 190 Å². The van der Waals surface area contributed by atoms with E-state index in [9.17, 15) is 9.59 Å². The molecule has 0 unspecified atom stereocenters. The van der Waals surface area contributed by atoms with Gasteiger partial charge in [-0.2, -0.15) is 0 Å². The number of likely N-dealkylation sites (tertiary alicyclic amines) is 1. The van der Waals surface area contributed by atoms with Crippen LogP contribution in [0.5, 0.6) is 0 Å². The van der Waals surface area contributed by atoms with Gasteiger partial charge in [0.15, 0.2) is 0 Å². The van der Waals surface area contributed by atoms with Crippen molar-refractivity contribution in [3.05, 3.63) is 69.9 Å². The van der Waals surface area contributed by atoms with Gasteiger partial charge in [-0.1, -0.05) is 0 Å². The van der Waals surface area contributed by atoms with Gasteiger partial charge in [-0.05, 0) is 62.1 Å². The molecule has 1 saturated heterocycles. The molecule has 1 saturated carbocycles. The second-order valence-corrected chi connectivity index (χ2v) is 9.20. The van der Waals surface area contributed by atoms with Gasteiger partial charge < -0.3 is 14.9 Å². The SMILES string of the molecule is CNC(=O)c1ccc2c(ccn2[C@H]2CN(Cc3ccc4[nH]c(=O)c(C5CC5)cc4n3)[C@@H]2C)n1. The third-order valence-electron chi connectivity index (χ3n) is 7.11. The second-order valence-electron chi connectivity index (χ2n) is 9.20. The number of H-pyrrole nitrogens is 1. The van der Waals surface area contributed by atoms with Crippen molar-refractivity contribution in [1.82, 2.24) is 29.7 Å². The molecule has 1 amide bonds. The fourth-order valence-corrected chi connectivity index (χ4v) is 4.91. The summed E-state index contributed by atoms with van der Waals surface area (Å²) in [6, 6.07) is 12.4. The van der Waals surface area contributed by atoms with Crippen LogP contribution in [-0.2, 0) is 6.54 Å². The van der Waals surface area contributed by atoms with E-state index < -0.39 is 0 Å². The van der Waals surface area contributed by atoms with E-state index in [2.05, 4.69) is 37.9 Å². The van der Waals surface area contributed by atoms with E-state index in [1.807, 2.05) is 30.3 Å². The predicted molar refractivity (Wildman–Crippen MR) is 126 cm³/mol. The Kier molecular flexibility index (Phi) is 4.58. The van der Waals surface area contributed by atoms with E-state index in [1.54, 1.807) is 13.1 Å². The standard InChI is InChI=1S/C25H26N6O2/c1-14-23(31-10-9-19-22(31)8-7-20(28-19)25(33)26-2)13-30(14)12-16-5-6-18-21(27-16)11-17(15-3-4-15)24(32)29-18/h5-11,14-15,23H,3-4,12-13H2,1-2H3,(H,26,33)(H,29,32)/t14-,23+/m1/s1. The molecule has 6 rings (SSSR count). The first-order chi connectivity index (χ1) is 16.0. The molecule has 0 spiro atoms. The lowest BCUT2D eigenvalue weighted by atomic mass is 9.97. The first-order valence-corrected chi connectivity index (χ1v) is 11.5. The van der Waals surface area contributed by atoms with Gasteiger partial charge in [0.2, 0.25) is 0 Å². The highest BCUT2D eigenvalue weighted by Crippen LogP contribution is 2.39. The van der Waals surface area contributed by atoms with Gasteiger partial charge in [0, 0.05) is 37.9 Å². The Bertz CT molecular complexity index is 1450. The zero-order chi connectivity index (χ0) is 22.7. The molecular formula is C25H26N6O2. The maximum Gasteiger partial charge on any atom is 0.269 e. The van der Waals surface area contributed by atoms with E-state index in [-0.39, 0.29) is 11.5 Å². The van der Waals surface area contributed by atoms with Crippen LogP contribution < -0.4 is 10.9 Å². The third-order valence-corrected chi connectivity index (χ3v) is 7.11. The molecule has 1 aliphatic heterocycles. The highest BCUT2D eigenvalue weighted by molar-refractivity contribution is 5.94. The Morgan fingerprint density at radius 3 is 2.76 bits per heavy atom. The molecule has 5 heterocycles. The van der Waals surface area contributed by atoms with Crippen molar-refractivity contribution in [2.45, 2.75) is 44.3 Å². The summed E-state index contributed by atoms with van der Waals surface area (Å²) in [5.41, 5.74) is 5.87. The number of hydrogen-bond donors (Lipinski definition) is 2. The summed E-state index contributed by atoms with van der Waals surface area (Å²) in [5.74, 6) is 0.224. The van der Waals surface area contributed by atoms with Crippen molar-refractivity contribution >= 4 is 28.0 Å². The topological polar surface area (TPSA) is 95.9 Å². The van der Waals surface area contributed by atoms with E-state index >= 15 is 0 Å². The number of aromatic amines is 1. The number of pyridine rings is 3. The fraction of sp³-hybridized carbons (Fsp3) is 0.360. The number of rotatable bonds is 5. The maximum atomic E-state index is 12.3. The predicted octanol–water partition coefficient (Wildman–Crippen LogP) is 2.96. The summed E-state index contributed by atoms with van der Waals surface area (Å²) >= 11 is 0. The van der Waals surface area contributed by atoms with E-state index in [0.717, 1.165) is 59.3 Å². The lowest BCUT2D eigenvalue weighted by Crippen LogP contribution is -2.54. The average molecular weight is 443 g/mol. The van der Waals surface area contributed by atoms with Gasteiger partial charge in [0.25, 0.3) is 11.5 Å². The van der Waals surface area contributed by atoms with E-state index in [0.29, 0.717) is 23.7 Å². The Balaban J connectivity index is 1.20. The van der Waals surface area contributed by atoms with Crippen molar-refractivity contribution in [2.24, 2.45) is 0 Å². The van der Waals surface area contributed by atoms with Crippen molar-refractivity contribution < 1.29 is 4.79 Å². The van der Waals surface area contributed by atoms with Crippen LogP contribution in [0.4, 0.5) is 0 Å². The molecule has 168 valence electrons. The van der Waals surface area contributed by atoms with E-state index in [1.165, 1.54) is 0 Å². The molecule has 2 atom stereocenters. The minimum Gasteiger partial charge on any atom is -0.354 e. The van der Waals surface area contributed by atoms with Crippen LogP contribution in [0, 0.1) is 0 Å². The molecular weight excluding hydrogens is 416 g/mol. The minimum atomic E-state index is -0.177. The van der Waals surface area contributed by atoms with Crippen LogP contribution in [0.3, 0.4) is 0 Å². The van der Waals surface area contributed by atoms with Crippen molar-refractivity contribution in [3.8, 4) is 0 Å². The van der Waals surface area contributed by atoms with Crippen molar-refractivity contribution in [1.29, 1.82) is 0 Å². The van der Waals surface area contributed by atoms with Crippen LogP contribution in [-0.4, -0.2) is 50.0 Å². The van der Waals surface area contributed by atoms with Gasteiger partial charge in [-0.25, -0.2) is 9.97 Å². The summed E-state index contributed by atoms with van der Waals surface area (Å²) in [4.78, 5) is 38.9. The number of hydrogen-bond acceptors (Lipinski definition) is 5. The molecule has 4 aromatic heterocycles. The zero-order valence-corrected chi connectivity index (χ0v) is 18.7. The first-order valence-electron chi connectivity index (χ1n) is 11.5. The second kappa shape index (κ2) is 7.52. The quantitative estimate of drug-likeness (QED) is 0.495. The fourth-order valence-electron chi connectivity index (χ4n) is 4.91. The molecule has 1 aliphatic carbocycles. The van der Waals surface area contributed by atoms with Crippen LogP contribution >= 0.6 is 0 Å². The smallest absolute Gasteiger partial charge is 0.269 e. The number of carbonyl (C=O) groups excluding carboxylic acids is 1. The maximum absolute atomic E-state index is 12.3. The molecule has 0 radical (unpaired) electrons. The Hall–Kier alpha value is -3.52. The molecule has 2 aliphatic rings. The highest BCUT2D eigenvalue weighted by Gasteiger charge is 2.37. The molecule has 4 aromatic rings. The Morgan fingerprint density at radius 2 is 2.00 bits per heavy atom. The number of carbonyl (C=O) groups is 1. The first kappa shape index (κ1) is 20.1. The summed E-state index contributed by atoms with van der Waals surface area (Å²) in [6.07, 6.45) is 4.25. The number of amides is 1. The highest BCUT2D eigenvalue weighted by atomic mass is 16.1. The lowest BCUT2D eigenvalue weighted by Gasteiger charge is -2.47. The zero-order valence-electron chi connectivity index (χ0n) is 18.7. The van der Waals surface area contributed by atoms with Crippen LogP contribution in [0.15, 0.2) is 47.4 Å². The summed E-state index contributed by atoms with van der Waals surface area (Å²) in [5, 5.41) is 2.62. The molecule has 2 fully saturated rings. The summed E-state index contributed by atoms with van der Waals surface area (Å²) in [7, 11) is 1.61. The van der Waals surface area contributed by atoms with Crippen LogP contribution in [0.25, 0.3) is 22.1 Å². The van der Waals surface area contributed by atoms with Crippen LogP contribution in [0.1, 0.15) is 53.5 Å². The monoisotopic (exact) mass is 442 g/mol. The summed E-state index contributed by atoms with van der Waals surface area (Å²) < 4.78 is 2.26. The molecule has 8 heteroatoms. The number of nitrogens with zero attached hydrogens (tertiary/aromatic N) is 4. The molecule has 0 aromatic carbocycles. The van der Waals surface area contributed by atoms with Gasteiger partial charge in [-0.3, -0.25) is 14.5 Å².